The lowest BCUT2D eigenvalue weighted by Crippen LogP contribution is -2.12. The summed E-state index contributed by atoms with van der Waals surface area (Å²) in [6.45, 7) is 1.67. The van der Waals surface area contributed by atoms with E-state index < -0.39 is 0 Å². The van der Waals surface area contributed by atoms with Gasteiger partial charge in [0.1, 0.15) is 5.84 Å². The molecule has 0 spiro atoms. The molecule has 46 valence electrons. The molecule has 4 heteroatoms. The van der Waals surface area contributed by atoms with E-state index in [1.807, 2.05) is 0 Å². The average molecular weight is 178 g/mol. The smallest absolute Gasteiger partial charge is 0.131 e. The maximum absolute atomic E-state index is 6.82. The molecule has 0 unspecified atom stereocenters. The van der Waals surface area contributed by atoms with Crippen molar-refractivity contribution in [2.24, 2.45) is 11.5 Å². The summed E-state index contributed by atoms with van der Waals surface area (Å²) in [6.07, 6.45) is 0. The van der Waals surface area contributed by atoms with Gasteiger partial charge in [0.2, 0.25) is 0 Å². The van der Waals surface area contributed by atoms with Crippen LogP contribution in [0.15, 0.2) is 10.2 Å². The molecule has 0 aliphatic rings. The second kappa shape index (κ2) is 2.71. The van der Waals surface area contributed by atoms with Crippen molar-refractivity contribution >= 4 is 21.8 Å². The highest BCUT2D eigenvalue weighted by molar-refractivity contribution is 9.12. The number of rotatable bonds is 1. The van der Waals surface area contributed by atoms with Crippen LogP contribution in [0.4, 0.5) is 0 Å². The number of hydrogen-bond donors (Lipinski definition) is 3. The van der Waals surface area contributed by atoms with E-state index in [9.17, 15) is 0 Å². The summed E-state index contributed by atoms with van der Waals surface area (Å²) in [5.74, 6) is -0.0370. The predicted octanol–water partition coefficient (Wildman–Crippen LogP) is 0.507. The summed E-state index contributed by atoms with van der Waals surface area (Å²) in [4.78, 5) is 0. The summed E-state index contributed by atoms with van der Waals surface area (Å²) in [6, 6.07) is 0. The Kier molecular flexibility index (Phi) is 2.54. The van der Waals surface area contributed by atoms with Crippen molar-refractivity contribution in [3.63, 3.8) is 0 Å². The van der Waals surface area contributed by atoms with E-state index in [0.717, 1.165) is 0 Å². The number of nitrogens with two attached hydrogens (primary N) is 2. The van der Waals surface area contributed by atoms with E-state index in [0.29, 0.717) is 10.2 Å². The van der Waals surface area contributed by atoms with Crippen molar-refractivity contribution in [2.45, 2.75) is 6.92 Å². The van der Waals surface area contributed by atoms with Gasteiger partial charge in [0, 0.05) is 5.70 Å². The van der Waals surface area contributed by atoms with Crippen LogP contribution in [0.5, 0.6) is 0 Å². The highest BCUT2D eigenvalue weighted by Gasteiger charge is 1.95. The van der Waals surface area contributed by atoms with Crippen LogP contribution in [-0.2, 0) is 0 Å². The molecule has 0 aliphatic carbocycles. The predicted molar refractivity (Wildman–Crippen MR) is 37.7 cm³/mol. The van der Waals surface area contributed by atoms with Crippen molar-refractivity contribution in [3.8, 4) is 0 Å². The van der Waals surface area contributed by atoms with Gasteiger partial charge in [-0.3, -0.25) is 5.41 Å². The van der Waals surface area contributed by atoms with Gasteiger partial charge in [-0.1, -0.05) is 0 Å². The molecule has 0 amide bonds. The Morgan fingerprint density at radius 2 is 1.88 bits per heavy atom. The van der Waals surface area contributed by atoms with E-state index in [1.165, 1.54) is 0 Å². The lowest BCUT2D eigenvalue weighted by atomic mass is 10.4. The molecule has 0 saturated carbocycles. The van der Waals surface area contributed by atoms with Gasteiger partial charge in [0.15, 0.2) is 0 Å². The molecular weight excluding hydrogens is 170 g/mol. The molecule has 0 rings (SSSR count). The monoisotopic (exact) mass is 177 g/mol. The lowest BCUT2D eigenvalue weighted by molar-refractivity contribution is 1.30. The van der Waals surface area contributed by atoms with Crippen molar-refractivity contribution in [1.82, 2.24) is 0 Å². The van der Waals surface area contributed by atoms with Crippen molar-refractivity contribution < 1.29 is 0 Å². The van der Waals surface area contributed by atoms with Crippen LogP contribution in [0.1, 0.15) is 6.92 Å². The van der Waals surface area contributed by atoms with E-state index in [-0.39, 0.29) is 5.84 Å². The molecule has 5 N–H and O–H groups in total. The number of hydrogen-bond acceptors (Lipinski definition) is 2. The van der Waals surface area contributed by atoms with Gasteiger partial charge in [-0.2, -0.15) is 0 Å². The zero-order valence-electron chi connectivity index (χ0n) is 4.53. The first kappa shape index (κ1) is 7.49. The first-order chi connectivity index (χ1) is 3.55. The molecule has 0 saturated heterocycles. The molecule has 0 aromatic heterocycles. The molecule has 0 bridgehead atoms. The molecular formula is C4H8BrN3. The van der Waals surface area contributed by atoms with E-state index >= 15 is 0 Å². The van der Waals surface area contributed by atoms with E-state index in [4.69, 9.17) is 16.9 Å². The fraction of sp³-hybridized carbons (Fsp3) is 0.250. The van der Waals surface area contributed by atoms with Gasteiger partial charge in [-0.05, 0) is 22.9 Å². The van der Waals surface area contributed by atoms with Gasteiger partial charge < -0.3 is 11.5 Å². The minimum Gasteiger partial charge on any atom is -0.401 e. The minimum absolute atomic E-state index is 0.0370. The van der Waals surface area contributed by atoms with Crippen LogP contribution in [0.2, 0.25) is 0 Å². The minimum atomic E-state index is -0.0370. The Balaban J connectivity index is 4.23. The Bertz CT molecular complexity index is 134. The quantitative estimate of drug-likeness (QED) is 0.404. The third-order valence-corrected chi connectivity index (χ3v) is 1.64. The average Bonchev–Trinajstić information content (AvgIpc) is 1.64. The normalized spacial score (nSPS) is 12.8. The topological polar surface area (TPSA) is 75.9 Å². The maximum Gasteiger partial charge on any atom is 0.131 e. The highest BCUT2D eigenvalue weighted by Crippen LogP contribution is 2.05. The van der Waals surface area contributed by atoms with Crippen LogP contribution in [0.25, 0.3) is 0 Å². The van der Waals surface area contributed by atoms with Crippen LogP contribution >= 0.6 is 15.9 Å². The van der Waals surface area contributed by atoms with Crippen molar-refractivity contribution in [1.29, 1.82) is 5.41 Å². The largest absolute Gasteiger partial charge is 0.401 e. The van der Waals surface area contributed by atoms with Gasteiger partial charge in [0.25, 0.3) is 0 Å². The van der Waals surface area contributed by atoms with E-state index in [1.54, 1.807) is 6.92 Å². The highest BCUT2D eigenvalue weighted by atomic mass is 79.9. The second-order valence-electron chi connectivity index (χ2n) is 1.41. The molecule has 0 atom stereocenters. The summed E-state index contributed by atoms with van der Waals surface area (Å²) in [5.41, 5.74) is 10.8. The molecule has 0 aromatic rings. The zero-order chi connectivity index (χ0) is 6.73. The van der Waals surface area contributed by atoms with Crippen molar-refractivity contribution in [3.05, 3.63) is 10.2 Å². The van der Waals surface area contributed by atoms with Gasteiger partial charge in [0.05, 0.1) is 4.48 Å². The van der Waals surface area contributed by atoms with E-state index in [2.05, 4.69) is 15.9 Å². The van der Waals surface area contributed by atoms with Crippen LogP contribution < -0.4 is 11.5 Å². The summed E-state index contributed by atoms with van der Waals surface area (Å²) in [7, 11) is 0. The Labute approximate surface area is 56.4 Å². The first-order valence-electron chi connectivity index (χ1n) is 2.02. The zero-order valence-corrected chi connectivity index (χ0v) is 6.12. The number of nitrogens with one attached hydrogen (secondary N) is 1. The molecule has 8 heavy (non-hydrogen) atoms. The van der Waals surface area contributed by atoms with Crippen LogP contribution in [0.3, 0.4) is 0 Å². The number of halogens is 1. The lowest BCUT2D eigenvalue weighted by Gasteiger charge is -1.95. The third-order valence-electron chi connectivity index (χ3n) is 0.583. The van der Waals surface area contributed by atoms with Crippen LogP contribution in [0, 0.1) is 5.41 Å². The molecule has 0 aromatic carbocycles. The van der Waals surface area contributed by atoms with Gasteiger partial charge >= 0.3 is 0 Å². The fourth-order valence-electron chi connectivity index (χ4n) is 0.212. The summed E-state index contributed by atoms with van der Waals surface area (Å²) < 4.78 is 0.470. The van der Waals surface area contributed by atoms with Crippen LogP contribution in [-0.4, -0.2) is 5.84 Å². The Morgan fingerprint density at radius 3 is 1.88 bits per heavy atom. The summed E-state index contributed by atoms with van der Waals surface area (Å²) >= 11 is 3.01. The molecule has 0 heterocycles. The number of allylic oxidation sites excluding steroid dienone is 1. The van der Waals surface area contributed by atoms with Gasteiger partial charge in [-0.15, -0.1) is 0 Å². The molecule has 0 radical (unpaired) electrons. The number of amidine groups is 1. The van der Waals surface area contributed by atoms with Gasteiger partial charge in [-0.25, -0.2) is 0 Å². The standard InChI is InChI=1S/C4H8BrN3/c1-2(6)3(5)4(7)8/h6H2,1H3,(H3,7,8). The van der Waals surface area contributed by atoms with Crippen molar-refractivity contribution in [2.75, 3.05) is 0 Å². The molecule has 3 nitrogen and oxygen atoms in total. The SMILES string of the molecule is CC(N)=C(Br)C(=N)N. The Hall–Kier alpha value is -0.510. The Morgan fingerprint density at radius 1 is 1.50 bits per heavy atom. The summed E-state index contributed by atoms with van der Waals surface area (Å²) in [5, 5.41) is 6.82. The first-order valence-corrected chi connectivity index (χ1v) is 2.81. The third kappa shape index (κ3) is 1.97. The second-order valence-corrected chi connectivity index (χ2v) is 2.20. The molecule has 0 aliphatic heterocycles. The molecule has 0 fully saturated rings. The fourth-order valence-corrected chi connectivity index (χ4v) is 0.212. The maximum atomic E-state index is 6.82.